The predicted molar refractivity (Wildman–Crippen MR) is 65.0 cm³/mol. The van der Waals surface area contributed by atoms with E-state index in [2.05, 4.69) is 14.8 Å². The Bertz CT molecular complexity index is 604. The van der Waals surface area contributed by atoms with Gasteiger partial charge in [0.2, 0.25) is 0 Å². The summed E-state index contributed by atoms with van der Waals surface area (Å²) in [4.78, 5) is 13.6. The lowest BCUT2D eigenvalue weighted by molar-refractivity contribution is -0.138. The number of rotatable bonds is 3. The SMILES string of the molecule is COC(=O)/C(=C/c1ccc(N)cc1C(F)(F)F)N=[N+]=[N-]. The molecule has 0 saturated carbocycles. The van der Waals surface area contributed by atoms with Gasteiger partial charge in [-0.25, -0.2) is 4.79 Å². The molecule has 1 aromatic carbocycles. The fraction of sp³-hybridized carbons (Fsp3) is 0.182. The third-order valence-corrected chi connectivity index (χ3v) is 2.22. The third kappa shape index (κ3) is 3.66. The monoisotopic (exact) mass is 286 g/mol. The number of nitrogens with zero attached hydrogens (tertiary/aromatic N) is 3. The summed E-state index contributed by atoms with van der Waals surface area (Å²) in [6.45, 7) is 0. The van der Waals surface area contributed by atoms with Crippen LogP contribution in [0.3, 0.4) is 0 Å². The van der Waals surface area contributed by atoms with Crippen molar-refractivity contribution in [1.29, 1.82) is 0 Å². The molecular weight excluding hydrogens is 277 g/mol. The Morgan fingerprint density at radius 1 is 1.50 bits per heavy atom. The lowest BCUT2D eigenvalue weighted by Crippen LogP contribution is -2.09. The number of alkyl halides is 3. The van der Waals surface area contributed by atoms with Gasteiger partial charge in [0.25, 0.3) is 0 Å². The zero-order chi connectivity index (χ0) is 15.3. The normalized spacial score (nSPS) is 11.7. The molecule has 0 unspecified atom stereocenters. The molecular formula is C11H9F3N4O2. The Balaban J connectivity index is 3.45. The predicted octanol–water partition coefficient (Wildman–Crippen LogP) is 3.11. The zero-order valence-corrected chi connectivity index (χ0v) is 10.2. The molecule has 0 fully saturated rings. The van der Waals surface area contributed by atoms with Gasteiger partial charge in [0.05, 0.1) is 12.7 Å². The van der Waals surface area contributed by atoms with Gasteiger partial charge in [-0.05, 0) is 29.3 Å². The minimum atomic E-state index is -4.67. The molecule has 0 aliphatic heterocycles. The van der Waals surface area contributed by atoms with Crippen molar-refractivity contribution in [2.75, 3.05) is 12.8 Å². The molecule has 0 aliphatic rings. The molecule has 6 nitrogen and oxygen atoms in total. The molecule has 0 aromatic heterocycles. The number of methoxy groups -OCH3 is 1. The highest BCUT2D eigenvalue weighted by molar-refractivity contribution is 5.93. The fourth-order valence-corrected chi connectivity index (χ4v) is 1.37. The van der Waals surface area contributed by atoms with E-state index in [9.17, 15) is 18.0 Å². The second-order valence-corrected chi connectivity index (χ2v) is 3.56. The first-order valence-electron chi connectivity index (χ1n) is 5.11. The van der Waals surface area contributed by atoms with Crippen LogP contribution in [0.5, 0.6) is 0 Å². The molecule has 0 spiro atoms. The van der Waals surface area contributed by atoms with E-state index >= 15 is 0 Å². The maximum atomic E-state index is 12.8. The zero-order valence-electron chi connectivity index (χ0n) is 10.2. The second kappa shape index (κ2) is 5.98. The fourth-order valence-electron chi connectivity index (χ4n) is 1.37. The van der Waals surface area contributed by atoms with Crippen molar-refractivity contribution in [3.63, 3.8) is 0 Å². The first-order valence-corrected chi connectivity index (χ1v) is 5.11. The van der Waals surface area contributed by atoms with E-state index in [0.29, 0.717) is 0 Å². The Kier molecular flexibility index (Phi) is 4.60. The Hall–Kier alpha value is -2.67. The average Bonchev–Trinajstić information content (AvgIpc) is 2.38. The van der Waals surface area contributed by atoms with E-state index in [1.165, 1.54) is 6.07 Å². The summed E-state index contributed by atoms with van der Waals surface area (Å²) in [6, 6.07) is 3.01. The van der Waals surface area contributed by atoms with Gasteiger partial charge in [0, 0.05) is 10.6 Å². The highest BCUT2D eigenvalue weighted by atomic mass is 19.4. The van der Waals surface area contributed by atoms with Crippen molar-refractivity contribution in [1.82, 2.24) is 0 Å². The van der Waals surface area contributed by atoms with Crippen molar-refractivity contribution in [3.8, 4) is 0 Å². The first-order chi connectivity index (χ1) is 9.29. The molecule has 0 atom stereocenters. The summed E-state index contributed by atoms with van der Waals surface area (Å²) in [5.41, 5.74) is 11.5. The minimum absolute atomic E-state index is 0.0853. The van der Waals surface area contributed by atoms with Crippen LogP contribution in [0.2, 0.25) is 0 Å². The van der Waals surface area contributed by atoms with E-state index in [1.54, 1.807) is 0 Å². The number of carbonyl (C=O) groups is 1. The van der Waals surface area contributed by atoms with Crippen LogP contribution in [0.4, 0.5) is 18.9 Å². The van der Waals surface area contributed by atoms with Crippen LogP contribution < -0.4 is 5.73 Å². The average molecular weight is 286 g/mol. The number of azide groups is 1. The molecule has 0 bridgehead atoms. The number of hydrogen-bond acceptors (Lipinski definition) is 4. The summed E-state index contributed by atoms with van der Waals surface area (Å²) in [7, 11) is 1.01. The van der Waals surface area contributed by atoms with Crippen LogP contribution in [0.25, 0.3) is 16.5 Å². The van der Waals surface area contributed by atoms with Crippen molar-refractivity contribution in [2.24, 2.45) is 5.11 Å². The summed E-state index contributed by atoms with van der Waals surface area (Å²) >= 11 is 0. The van der Waals surface area contributed by atoms with Crippen LogP contribution in [-0.4, -0.2) is 13.1 Å². The molecule has 106 valence electrons. The van der Waals surface area contributed by atoms with Crippen molar-refractivity contribution in [2.45, 2.75) is 6.18 Å². The standard InChI is InChI=1S/C11H9F3N4O2/c1-20-10(19)9(17-18-16)4-6-2-3-7(15)5-8(6)11(12,13)14/h2-5H,15H2,1H3/b9-4-. The lowest BCUT2D eigenvalue weighted by Gasteiger charge is -2.11. The van der Waals surface area contributed by atoms with E-state index < -0.39 is 23.4 Å². The molecule has 0 amide bonds. The Morgan fingerprint density at radius 2 is 2.15 bits per heavy atom. The van der Waals surface area contributed by atoms with Crippen LogP contribution in [0.1, 0.15) is 11.1 Å². The number of nitrogen functional groups attached to an aromatic ring is 1. The molecule has 1 rings (SSSR count). The van der Waals surface area contributed by atoms with Gasteiger partial charge in [0.1, 0.15) is 5.70 Å². The molecule has 20 heavy (non-hydrogen) atoms. The number of ether oxygens (including phenoxy) is 1. The number of esters is 1. The Morgan fingerprint density at radius 3 is 2.65 bits per heavy atom. The maximum absolute atomic E-state index is 12.8. The molecule has 2 N–H and O–H groups in total. The lowest BCUT2D eigenvalue weighted by atomic mass is 10.0. The largest absolute Gasteiger partial charge is 0.466 e. The van der Waals surface area contributed by atoms with Crippen molar-refractivity contribution in [3.05, 3.63) is 45.5 Å². The summed E-state index contributed by atoms with van der Waals surface area (Å²) in [5.74, 6) is -1.05. The number of benzene rings is 1. The molecule has 9 heteroatoms. The van der Waals surface area contributed by atoms with E-state index in [-0.39, 0.29) is 11.3 Å². The van der Waals surface area contributed by atoms with Gasteiger partial charge >= 0.3 is 12.1 Å². The van der Waals surface area contributed by atoms with Crippen LogP contribution >= 0.6 is 0 Å². The number of anilines is 1. The number of halogens is 3. The van der Waals surface area contributed by atoms with E-state index in [4.69, 9.17) is 11.3 Å². The highest BCUT2D eigenvalue weighted by Gasteiger charge is 2.33. The first kappa shape index (κ1) is 15.4. The smallest absolute Gasteiger partial charge is 0.417 e. The van der Waals surface area contributed by atoms with Crippen molar-refractivity contribution < 1.29 is 22.7 Å². The topological polar surface area (TPSA) is 101 Å². The summed E-state index contributed by atoms with van der Waals surface area (Å²) in [6.07, 6.45) is -3.88. The molecule has 0 saturated heterocycles. The van der Waals surface area contributed by atoms with Gasteiger partial charge in [0.15, 0.2) is 0 Å². The molecule has 1 aromatic rings. The van der Waals surface area contributed by atoms with Gasteiger partial charge in [-0.1, -0.05) is 11.2 Å². The van der Waals surface area contributed by atoms with E-state index in [1.807, 2.05) is 0 Å². The quantitative estimate of drug-likeness (QED) is 0.230. The van der Waals surface area contributed by atoms with Crippen LogP contribution in [-0.2, 0) is 15.7 Å². The van der Waals surface area contributed by atoms with Gasteiger partial charge in [-0.2, -0.15) is 13.2 Å². The number of nitrogens with two attached hydrogens (primary N) is 1. The molecule has 0 radical (unpaired) electrons. The van der Waals surface area contributed by atoms with Gasteiger partial charge < -0.3 is 10.5 Å². The second-order valence-electron chi connectivity index (χ2n) is 3.56. The van der Waals surface area contributed by atoms with Gasteiger partial charge in [-0.3, -0.25) is 0 Å². The van der Waals surface area contributed by atoms with E-state index in [0.717, 1.165) is 25.3 Å². The Labute approximate surface area is 111 Å². The summed E-state index contributed by atoms with van der Waals surface area (Å²) < 4.78 is 42.8. The number of hydrogen-bond donors (Lipinski definition) is 1. The van der Waals surface area contributed by atoms with Crippen LogP contribution in [0, 0.1) is 0 Å². The maximum Gasteiger partial charge on any atom is 0.417 e. The van der Waals surface area contributed by atoms with Crippen LogP contribution in [0.15, 0.2) is 29.0 Å². The van der Waals surface area contributed by atoms with Crippen molar-refractivity contribution >= 4 is 17.7 Å². The van der Waals surface area contributed by atoms with Gasteiger partial charge in [-0.15, -0.1) is 0 Å². The summed E-state index contributed by atoms with van der Waals surface area (Å²) in [5, 5.41) is 3.00. The number of carbonyl (C=O) groups excluding carboxylic acids is 1. The minimum Gasteiger partial charge on any atom is -0.466 e. The molecule has 0 heterocycles. The third-order valence-electron chi connectivity index (χ3n) is 2.22. The highest BCUT2D eigenvalue weighted by Crippen LogP contribution is 2.34. The molecule has 0 aliphatic carbocycles.